The number of rotatable bonds is 4. The van der Waals surface area contributed by atoms with Crippen LogP contribution in [0.4, 0.5) is 0 Å². The minimum absolute atomic E-state index is 0.00477. The first kappa shape index (κ1) is 13.3. The summed E-state index contributed by atoms with van der Waals surface area (Å²) in [6, 6.07) is 7.75. The molecule has 0 aliphatic rings. The Kier molecular flexibility index (Phi) is 4.00. The van der Waals surface area contributed by atoms with Gasteiger partial charge in [-0.1, -0.05) is 0 Å². The van der Waals surface area contributed by atoms with Gasteiger partial charge in [0.25, 0.3) is 5.91 Å². The molecule has 2 rings (SSSR count). The SMILES string of the molecule is Cc1ccnc(C[C@H](C)N(C)C(=O)c2ccc[nH]2)c1. The molecular formula is C15H19N3O. The molecule has 0 aliphatic heterocycles. The highest BCUT2D eigenvalue weighted by Crippen LogP contribution is 2.10. The summed E-state index contributed by atoms with van der Waals surface area (Å²) < 4.78 is 0. The quantitative estimate of drug-likeness (QED) is 0.914. The Labute approximate surface area is 113 Å². The summed E-state index contributed by atoms with van der Waals surface area (Å²) in [5, 5.41) is 0. The van der Waals surface area contributed by atoms with E-state index in [2.05, 4.69) is 16.0 Å². The van der Waals surface area contributed by atoms with E-state index < -0.39 is 0 Å². The van der Waals surface area contributed by atoms with Gasteiger partial charge in [-0.15, -0.1) is 0 Å². The Morgan fingerprint density at radius 2 is 2.26 bits per heavy atom. The van der Waals surface area contributed by atoms with Crippen LogP contribution in [0.1, 0.15) is 28.7 Å². The zero-order chi connectivity index (χ0) is 13.8. The Bertz CT molecular complexity index is 548. The summed E-state index contributed by atoms with van der Waals surface area (Å²) in [7, 11) is 1.82. The number of amides is 1. The monoisotopic (exact) mass is 257 g/mol. The fraction of sp³-hybridized carbons (Fsp3) is 0.333. The first-order valence-corrected chi connectivity index (χ1v) is 6.40. The van der Waals surface area contributed by atoms with E-state index in [9.17, 15) is 4.79 Å². The number of H-pyrrole nitrogens is 1. The first-order valence-electron chi connectivity index (χ1n) is 6.40. The molecule has 4 nitrogen and oxygen atoms in total. The third kappa shape index (κ3) is 3.22. The normalized spacial score (nSPS) is 12.2. The van der Waals surface area contributed by atoms with Crippen LogP contribution in [0, 0.1) is 6.92 Å². The molecule has 0 radical (unpaired) electrons. The van der Waals surface area contributed by atoms with Crippen molar-refractivity contribution in [2.45, 2.75) is 26.3 Å². The van der Waals surface area contributed by atoms with Crippen LogP contribution >= 0.6 is 0 Å². The molecule has 1 atom stereocenters. The lowest BCUT2D eigenvalue weighted by Gasteiger charge is -2.24. The fourth-order valence-electron chi connectivity index (χ4n) is 2.00. The molecule has 0 unspecified atom stereocenters. The van der Waals surface area contributed by atoms with Crippen LogP contribution in [0.15, 0.2) is 36.7 Å². The zero-order valence-electron chi connectivity index (χ0n) is 11.6. The van der Waals surface area contributed by atoms with Gasteiger partial charge in [0.1, 0.15) is 5.69 Å². The van der Waals surface area contributed by atoms with Gasteiger partial charge in [0.05, 0.1) is 0 Å². The second-order valence-electron chi connectivity index (χ2n) is 4.88. The molecular weight excluding hydrogens is 238 g/mol. The van der Waals surface area contributed by atoms with Crippen molar-refractivity contribution in [3.63, 3.8) is 0 Å². The van der Waals surface area contributed by atoms with E-state index >= 15 is 0 Å². The molecule has 1 amide bonds. The molecule has 0 aliphatic carbocycles. The van der Waals surface area contributed by atoms with E-state index in [1.165, 1.54) is 5.56 Å². The molecule has 0 bridgehead atoms. The molecule has 0 spiro atoms. The van der Waals surface area contributed by atoms with Gasteiger partial charge in [0.2, 0.25) is 0 Å². The summed E-state index contributed by atoms with van der Waals surface area (Å²) in [4.78, 5) is 21.2. The molecule has 0 saturated heterocycles. The number of aryl methyl sites for hydroxylation is 1. The lowest BCUT2D eigenvalue weighted by atomic mass is 10.1. The standard InChI is InChI=1S/C15H19N3O/c1-11-6-8-16-13(9-11)10-12(2)18(3)15(19)14-5-4-7-17-14/h4-9,12,17H,10H2,1-3H3/t12-/m0/s1. The average molecular weight is 257 g/mol. The Hall–Kier alpha value is -2.10. The molecule has 0 fully saturated rings. The zero-order valence-corrected chi connectivity index (χ0v) is 11.6. The van der Waals surface area contributed by atoms with Gasteiger partial charge in [0.15, 0.2) is 0 Å². The van der Waals surface area contributed by atoms with Gasteiger partial charge in [-0.3, -0.25) is 9.78 Å². The van der Waals surface area contributed by atoms with Crippen LogP contribution < -0.4 is 0 Å². The van der Waals surface area contributed by atoms with Crippen LogP contribution in [0.3, 0.4) is 0 Å². The Morgan fingerprint density at radius 1 is 1.47 bits per heavy atom. The van der Waals surface area contributed by atoms with E-state index in [1.54, 1.807) is 17.2 Å². The molecule has 19 heavy (non-hydrogen) atoms. The Balaban J connectivity index is 2.03. The molecule has 0 saturated carbocycles. The number of carbonyl (C=O) groups excluding carboxylic acids is 1. The van der Waals surface area contributed by atoms with Gasteiger partial charge < -0.3 is 9.88 Å². The molecule has 1 N–H and O–H groups in total. The second kappa shape index (κ2) is 5.69. The van der Waals surface area contributed by atoms with Crippen molar-refractivity contribution in [1.82, 2.24) is 14.9 Å². The second-order valence-corrected chi connectivity index (χ2v) is 4.88. The van der Waals surface area contributed by atoms with Gasteiger partial charge in [-0.2, -0.15) is 0 Å². The number of likely N-dealkylation sites (N-methyl/N-ethyl adjacent to an activating group) is 1. The molecule has 100 valence electrons. The van der Waals surface area contributed by atoms with Crippen molar-refractivity contribution >= 4 is 5.91 Å². The van der Waals surface area contributed by atoms with Crippen molar-refractivity contribution in [3.05, 3.63) is 53.6 Å². The highest BCUT2D eigenvalue weighted by atomic mass is 16.2. The van der Waals surface area contributed by atoms with Crippen LogP contribution in [0.2, 0.25) is 0 Å². The number of nitrogens with one attached hydrogen (secondary N) is 1. The lowest BCUT2D eigenvalue weighted by molar-refractivity contribution is 0.0737. The summed E-state index contributed by atoms with van der Waals surface area (Å²) in [5.41, 5.74) is 2.82. The summed E-state index contributed by atoms with van der Waals surface area (Å²) >= 11 is 0. The maximum absolute atomic E-state index is 12.2. The third-order valence-electron chi connectivity index (χ3n) is 3.29. The summed E-state index contributed by atoms with van der Waals surface area (Å²) in [6.45, 7) is 4.08. The third-order valence-corrected chi connectivity index (χ3v) is 3.29. The lowest BCUT2D eigenvalue weighted by Crippen LogP contribution is -2.36. The minimum Gasteiger partial charge on any atom is -0.357 e. The topological polar surface area (TPSA) is 49.0 Å². The summed E-state index contributed by atoms with van der Waals surface area (Å²) in [5.74, 6) is 0.00477. The Morgan fingerprint density at radius 3 is 2.89 bits per heavy atom. The van der Waals surface area contributed by atoms with Crippen molar-refractivity contribution in [2.24, 2.45) is 0 Å². The maximum atomic E-state index is 12.2. The van der Waals surface area contributed by atoms with Crippen LogP contribution in [-0.2, 0) is 6.42 Å². The van der Waals surface area contributed by atoms with Gasteiger partial charge in [-0.05, 0) is 43.7 Å². The predicted molar refractivity (Wildman–Crippen MR) is 75.0 cm³/mol. The average Bonchev–Trinajstić information content (AvgIpc) is 2.90. The van der Waals surface area contributed by atoms with Crippen molar-refractivity contribution in [3.8, 4) is 0 Å². The van der Waals surface area contributed by atoms with E-state index in [-0.39, 0.29) is 11.9 Å². The first-order chi connectivity index (χ1) is 9.08. The predicted octanol–water partition coefficient (Wildman–Crippen LogP) is 2.42. The number of hydrogen-bond acceptors (Lipinski definition) is 2. The molecule has 2 aromatic rings. The molecule has 2 heterocycles. The molecule has 2 aromatic heterocycles. The fourth-order valence-corrected chi connectivity index (χ4v) is 2.00. The highest BCUT2D eigenvalue weighted by Gasteiger charge is 2.18. The number of nitrogens with zero attached hydrogens (tertiary/aromatic N) is 2. The smallest absolute Gasteiger partial charge is 0.270 e. The minimum atomic E-state index is 0.00477. The van der Waals surface area contributed by atoms with Crippen molar-refractivity contribution in [1.29, 1.82) is 0 Å². The maximum Gasteiger partial charge on any atom is 0.270 e. The van der Waals surface area contributed by atoms with E-state index in [0.29, 0.717) is 5.69 Å². The van der Waals surface area contributed by atoms with Gasteiger partial charge >= 0.3 is 0 Å². The number of aromatic amines is 1. The van der Waals surface area contributed by atoms with Crippen LogP contribution in [-0.4, -0.2) is 33.9 Å². The molecule has 4 heteroatoms. The van der Waals surface area contributed by atoms with E-state index in [1.807, 2.05) is 39.2 Å². The van der Waals surface area contributed by atoms with Crippen LogP contribution in [0.25, 0.3) is 0 Å². The number of pyridine rings is 1. The van der Waals surface area contributed by atoms with Gasteiger partial charge in [-0.25, -0.2) is 0 Å². The van der Waals surface area contributed by atoms with Crippen molar-refractivity contribution in [2.75, 3.05) is 7.05 Å². The molecule has 0 aromatic carbocycles. The van der Waals surface area contributed by atoms with Crippen molar-refractivity contribution < 1.29 is 4.79 Å². The summed E-state index contributed by atoms with van der Waals surface area (Å²) in [6.07, 6.45) is 4.32. The van der Waals surface area contributed by atoms with Gasteiger partial charge in [0, 0.05) is 37.6 Å². The number of aromatic nitrogens is 2. The number of hydrogen-bond donors (Lipinski definition) is 1. The highest BCUT2D eigenvalue weighted by molar-refractivity contribution is 5.92. The van der Waals surface area contributed by atoms with E-state index in [4.69, 9.17) is 0 Å². The van der Waals surface area contributed by atoms with E-state index in [0.717, 1.165) is 12.1 Å². The largest absolute Gasteiger partial charge is 0.357 e. The number of carbonyl (C=O) groups is 1. The van der Waals surface area contributed by atoms with Crippen LogP contribution in [0.5, 0.6) is 0 Å².